The predicted octanol–water partition coefficient (Wildman–Crippen LogP) is 1.80. The van der Waals surface area contributed by atoms with Crippen LogP contribution in [-0.2, 0) is 21.1 Å². The van der Waals surface area contributed by atoms with Gasteiger partial charge in [-0.2, -0.15) is 0 Å². The van der Waals surface area contributed by atoms with Gasteiger partial charge in [0.15, 0.2) is 14.9 Å². The fraction of sp³-hybridized carbons (Fsp3) is 0.385. The molecule has 4 nitrogen and oxygen atoms in total. The molecule has 0 saturated heterocycles. The fourth-order valence-electron chi connectivity index (χ4n) is 1.72. The van der Waals surface area contributed by atoms with E-state index in [2.05, 4.69) is 5.48 Å². The predicted molar refractivity (Wildman–Crippen MR) is 70.3 cm³/mol. The molecule has 0 aromatic heterocycles. The van der Waals surface area contributed by atoms with Crippen LogP contribution < -0.4 is 5.48 Å². The van der Waals surface area contributed by atoms with Crippen LogP contribution in [-0.4, -0.2) is 19.8 Å². The molecule has 18 heavy (non-hydrogen) atoms. The standard InChI is InChI=1S/C13H17NO3S/c1-13(2)10-12(14-17-13)18(15,16)9-8-11-6-4-3-5-7-11/h3-7,10,14H,8-9H2,1-2H3. The van der Waals surface area contributed by atoms with Crippen molar-refractivity contribution in [2.75, 3.05) is 5.75 Å². The van der Waals surface area contributed by atoms with Gasteiger partial charge < -0.3 is 0 Å². The van der Waals surface area contributed by atoms with E-state index in [-0.39, 0.29) is 10.8 Å². The maximum absolute atomic E-state index is 12.1. The van der Waals surface area contributed by atoms with Crippen molar-refractivity contribution < 1.29 is 13.3 Å². The van der Waals surface area contributed by atoms with Gasteiger partial charge in [0.05, 0.1) is 5.75 Å². The number of hydrogen-bond donors (Lipinski definition) is 1. The summed E-state index contributed by atoms with van der Waals surface area (Å²) in [7, 11) is -3.30. The molecule has 0 bridgehead atoms. The van der Waals surface area contributed by atoms with E-state index in [1.54, 1.807) is 19.9 Å². The first-order chi connectivity index (χ1) is 8.39. The number of aryl methyl sites for hydroxylation is 1. The molecule has 1 aliphatic heterocycles. The molecular formula is C13H17NO3S. The molecule has 0 amide bonds. The van der Waals surface area contributed by atoms with Crippen molar-refractivity contribution in [3.05, 3.63) is 47.0 Å². The highest BCUT2D eigenvalue weighted by atomic mass is 32.2. The van der Waals surface area contributed by atoms with Crippen LogP contribution in [0.3, 0.4) is 0 Å². The molecular weight excluding hydrogens is 250 g/mol. The Labute approximate surface area is 108 Å². The fourth-order valence-corrected chi connectivity index (χ4v) is 3.07. The lowest BCUT2D eigenvalue weighted by atomic mass is 10.1. The molecule has 0 radical (unpaired) electrons. The van der Waals surface area contributed by atoms with Crippen LogP contribution in [0.5, 0.6) is 0 Å². The molecule has 0 aliphatic carbocycles. The number of hydroxylamine groups is 1. The van der Waals surface area contributed by atoms with Crippen LogP contribution in [0, 0.1) is 0 Å². The Bertz CT molecular complexity index is 547. The molecule has 0 unspecified atom stereocenters. The number of rotatable bonds is 4. The van der Waals surface area contributed by atoms with Crippen molar-refractivity contribution in [1.29, 1.82) is 0 Å². The van der Waals surface area contributed by atoms with Gasteiger partial charge in [-0.1, -0.05) is 30.3 Å². The van der Waals surface area contributed by atoms with Crippen molar-refractivity contribution in [2.45, 2.75) is 25.9 Å². The van der Waals surface area contributed by atoms with Crippen molar-refractivity contribution in [1.82, 2.24) is 5.48 Å². The van der Waals surface area contributed by atoms with Gasteiger partial charge in [-0.3, -0.25) is 10.3 Å². The molecule has 5 heteroatoms. The maximum Gasteiger partial charge on any atom is 0.195 e. The third kappa shape index (κ3) is 3.11. The summed E-state index contributed by atoms with van der Waals surface area (Å²) in [5.74, 6) is 0.0787. The lowest BCUT2D eigenvalue weighted by molar-refractivity contribution is -0.0129. The third-order valence-corrected chi connectivity index (χ3v) is 4.34. The SMILES string of the molecule is CC1(C)C=C(S(=O)(=O)CCc2ccccc2)NO1. The molecule has 1 N–H and O–H groups in total. The normalized spacial score (nSPS) is 18.2. The molecule has 1 aromatic rings. The zero-order chi connectivity index (χ0) is 13.2. The molecule has 1 heterocycles. The third-order valence-electron chi connectivity index (χ3n) is 2.73. The highest BCUT2D eigenvalue weighted by molar-refractivity contribution is 7.95. The zero-order valence-electron chi connectivity index (χ0n) is 10.5. The van der Waals surface area contributed by atoms with Crippen LogP contribution >= 0.6 is 0 Å². The lowest BCUT2D eigenvalue weighted by Crippen LogP contribution is -2.23. The Morgan fingerprint density at radius 1 is 1.22 bits per heavy atom. The van der Waals surface area contributed by atoms with Crippen LogP contribution in [0.1, 0.15) is 19.4 Å². The largest absolute Gasteiger partial charge is 0.265 e. The van der Waals surface area contributed by atoms with Gasteiger partial charge in [-0.15, -0.1) is 0 Å². The molecule has 2 rings (SSSR count). The van der Waals surface area contributed by atoms with Crippen LogP contribution in [0.25, 0.3) is 0 Å². The summed E-state index contributed by atoms with van der Waals surface area (Å²) in [5.41, 5.74) is 2.94. The van der Waals surface area contributed by atoms with Gasteiger partial charge in [0.25, 0.3) is 0 Å². The summed E-state index contributed by atoms with van der Waals surface area (Å²) in [6, 6.07) is 9.57. The second-order valence-electron chi connectivity index (χ2n) is 4.87. The maximum atomic E-state index is 12.1. The number of nitrogens with one attached hydrogen (secondary N) is 1. The molecule has 98 valence electrons. The lowest BCUT2D eigenvalue weighted by Gasteiger charge is -2.11. The minimum absolute atomic E-state index is 0.0787. The van der Waals surface area contributed by atoms with Gasteiger partial charge in [0.2, 0.25) is 0 Å². The molecule has 0 saturated carbocycles. The Balaban J connectivity index is 2.05. The van der Waals surface area contributed by atoms with E-state index in [1.165, 1.54) is 0 Å². The molecule has 0 fully saturated rings. The van der Waals surface area contributed by atoms with Crippen molar-refractivity contribution in [2.24, 2.45) is 0 Å². The summed E-state index contributed by atoms with van der Waals surface area (Å²) in [5, 5.41) is 0.170. The van der Waals surface area contributed by atoms with Crippen LogP contribution in [0.15, 0.2) is 41.4 Å². The van der Waals surface area contributed by atoms with Crippen molar-refractivity contribution in [3.63, 3.8) is 0 Å². The molecule has 1 aromatic carbocycles. The van der Waals surface area contributed by atoms with Gasteiger partial charge in [-0.05, 0) is 31.9 Å². The highest BCUT2D eigenvalue weighted by Crippen LogP contribution is 2.22. The number of benzene rings is 1. The first kappa shape index (κ1) is 13.1. The van der Waals surface area contributed by atoms with Crippen LogP contribution in [0.4, 0.5) is 0 Å². The Kier molecular flexibility index (Phi) is 3.45. The van der Waals surface area contributed by atoms with Crippen LogP contribution in [0.2, 0.25) is 0 Å². The van der Waals surface area contributed by atoms with Crippen molar-refractivity contribution in [3.8, 4) is 0 Å². The van der Waals surface area contributed by atoms with E-state index in [0.29, 0.717) is 6.42 Å². The Hall–Kier alpha value is -1.33. The highest BCUT2D eigenvalue weighted by Gasteiger charge is 2.30. The van der Waals surface area contributed by atoms with Gasteiger partial charge in [0.1, 0.15) is 5.60 Å². The van der Waals surface area contributed by atoms with E-state index >= 15 is 0 Å². The van der Waals surface area contributed by atoms with Gasteiger partial charge in [0, 0.05) is 0 Å². The monoisotopic (exact) mass is 267 g/mol. The second kappa shape index (κ2) is 4.74. The minimum Gasteiger partial charge on any atom is -0.265 e. The average Bonchev–Trinajstić information content (AvgIpc) is 2.69. The quantitative estimate of drug-likeness (QED) is 0.903. The van der Waals surface area contributed by atoms with Crippen molar-refractivity contribution >= 4 is 9.84 Å². The van der Waals surface area contributed by atoms with E-state index in [9.17, 15) is 8.42 Å². The van der Waals surface area contributed by atoms with Gasteiger partial charge >= 0.3 is 0 Å². The second-order valence-corrected chi connectivity index (χ2v) is 6.95. The van der Waals surface area contributed by atoms with E-state index in [1.807, 2.05) is 30.3 Å². The molecule has 0 atom stereocenters. The summed E-state index contributed by atoms with van der Waals surface area (Å²) < 4.78 is 24.2. The molecule has 0 spiro atoms. The Morgan fingerprint density at radius 2 is 1.89 bits per heavy atom. The average molecular weight is 267 g/mol. The van der Waals surface area contributed by atoms with E-state index in [4.69, 9.17) is 4.84 Å². The zero-order valence-corrected chi connectivity index (χ0v) is 11.3. The summed E-state index contributed by atoms with van der Waals surface area (Å²) >= 11 is 0. The van der Waals surface area contributed by atoms with E-state index < -0.39 is 15.4 Å². The summed E-state index contributed by atoms with van der Waals surface area (Å²) in [4.78, 5) is 5.17. The van der Waals surface area contributed by atoms with E-state index in [0.717, 1.165) is 5.56 Å². The minimum atomic E-state index is -3.30. The smallest absolute Gasteiger partial charge is 0.195 e. The Morgan fingerprint density at radius 3 is 2.44 bits per heavy atom. The first-order valence-corrected chi connectivity index (χ1v) is 7.48. The first-order valence-electron chi connectivity index (χ1n) is 5.83. The summed E-state index contributed by atoms with van der Waals surface area (Å²) in [6.07, 6.45) is 2.11. The number of sulfone groups is 1. The number of hydrogen-bond acceptors (Lipinski definition) is 4. The van der Waals surface area contributed by atoms with Gasteiger partial charge in [-0.25, -0.2) is 8.42 Å². The topological polar surface area (TPSA) is 55.4 Å². The summed E-state index contributed by atoms with van der Waals surface area (Å²) in [6.45, 7) is 3.61. The molecule has 1 aliphatic rings.